The number of para-hydroxylation sites is 1. The number of fused-ring (bicyclic) bond motifs is 3. The molecule has 10 rings (SSSR count). The SMILES string of the molecule is c1ccc(C2(c3ccccc3)c3ccccc3Oc3cc(-c4ccc(-c5ccc(-c6ccc(-c7cccc8ccccc78)cc6)cc5)s4)ccc32)cc1. The van der Waals surface area contributed by atoms with Gasteiger partial charge in [0.2, 0.25) is 0 Å². The number of hydrogen-bond acceptors (Lipinski definition) is 2. The number of benzene rings is 8. The van der Waals surface area contributed by atoms with Crippen LogP contribution in [0.3, 0.4) is 0 Å². The lowest BCUT2D eigenvalue weighted by Gasteiger charge is -2.41. The standard InChI is InChI=1S/C51H34OS/c1-3-14-41(15-4-1)51(42-16-5-2-6-17-42)45-20-9-10-21-47(45)52-48-34-40(30-31-46(48)51)50-33-32-49(53-50)39-28-24-36(25-29-39)35-22-26-38(27-23-35)44-19-11-13-37-12-7-8-18-43(37)44/h1-34H. The molecule has 250 valence electrons. The fourth-order valence-corrected chi connectivity index (χ4v) is 9.17. The smallest absolute Gasteiger partial charge is 0.132 e. The highest BCUT2D eigenvalue weighted by atomic mass is 32.1. The quantitative estimate of drug-likeness (QED) is 0.168. The van der Waals surface area contributed by atoms with E-state index in [1.54, 1.807) is 0 Å². The van der Waals surface area contributed by atoms with Crippen LogP contribution in [0.15, 0.2) is 206 Å². The minimum atomic E-state index is -0.510. The predicted molar refractivity (Wildman–Crippen MR) is 222 cm³/mol. The zero-order valence-electron chi connectivity index (χ0n) is 28.9. The highest BCUT2D eigenvalue weighted by Crippen LogP contribution is 2.56. The Bertz CT molecular complexity index is 2680. The molecule has 0 saturated carbocycles. The largest absolute Gasteiger partial charge is 0.457 e. The van der Waals surface area contributed by atoms with Gasteiger partial charge in [0.25, 0.3) is 0 Å². The molecule has 2 heterocycles. The van der Waals surface area contributed by atoms with Crippen LogP contribution in [0.2, 0.25) is 0 Å². The molecular weight excluding hydrogens is 661 g/mol. The van der Waals surface area contributed by atoms with Gasteiger partial charge in [-0.1, -0.05) is 182 Å². The molecule has 1 aromatic heterocycles. The Morgan fingerprint density at radius 1 is 0.358 bits per heavy atom. The van der Waals surface area contributed by atoms with Crippen LogP contribution in [0.1, 0.15) is 22.3 Å². The monoisotopic (exact) mass is 694 g/mol. The van der Waals surface area contributed by atoms with Crippen molar-refractivity contribution in [1.29, 1.82) is 0 Å². The fourth-order valence-electron chi connectivity index (χ4n) is 8.16. The van der Waals surface area contributed by atoms with Gasteiger partial charge in [-0.25, -0.2) is 0 Å². The summed E-state index contributed by atoms with van der Waals surface area (Å²) in [5, 5.41) is 2.54. The van der Waals surface area contributed by atoms with E-state index < -0.39 is 5.41 Å². The maximum atomic E-state index is 6.74. The third-order valence-electron chi connectivity index (χ3n) is 10.7. The molecule has 0 amide bonds. The molecule has 1 aliphatic heterocycles. The molecule has 0 atom stereocenters. The molecule has 1 nitrogen and oxygen atoms in total. The zero-order valence-corrected chi connectivity index (χ0v) is 29.8. The van der Waals surface area contributed by atoms with E-state index >= 15 is 0 Å². The van der Waals surface area contributed by atoms with Gasteiger partial charge in [0, 0.05) is 20.9 Å². The summed E-state index contributed by atoms with van der Waals surface area (Å²) in [6, 6.07) is 74.4. The average molecular weight is 695 g/mol. The van der Waals surface area contributed by atoms with Gasteiger partial charge in [-0.2, -0.15) is 0 Å². The second-order valence-corrected chi connectivity index (χ2v) is 14.7. The maximum absolute atomic E-state index is 6.74. The van der Waals surface area contributed by atoms with Gasteiger partial charge in [-0.15, -0.1) is 11.3 Å². The van der Waals surface area contributed by atoms with Crippen LogP contribution in [0.4, 0.5) is 0 Å². The highest BCUT2D eigenvalue weighted by molar-refractivity contribution is 7.18. The molecule has 0 N–H and O–H groups in total. The number of ether oxygens (including phenoxy) is 1. The minimum Gasteiger partial charge on any atom is -0.457 e. The van der Waals surface area contributed by atoms with Crippen LogP contribution in [-0.4, -0.2) is 0 Å². The van der Waals surface area contributed by atoms with Gasteiger partial charge >= 0.3 is 0 Å². The molecule has 9 aromatic rings. The summed E-state index contributed by atoms with van der Waals surface area (Å²) in [5.41, 5.74) is 11.5. The topological polar surface area (TPSA) is 9.23 Å². The van der Waals surface area contributed by atoms with Gasteiger partial charge in [0.15, 0.2) is 0 Å². The summed E-state index contributed by atoms with van der Waals surface area (Å²) in [4.78, 5) is 2.45. The summed E-state index contributed by atoms with van der Waals surface area (Å²) in [6.07, 6.45) is 0. The highest BCUT2D eigenvalue weighted by Gasteiger charge is 2.45. The van der Waals surface area contributed by atoms with Crippen molar-refractivity contribution < 1.29 is 4.74 Å². The lowest BCUT2D eigenvalue weighted by atomic mass is 9.63. The zero-order chi connectivity index (χ0) is 35.2. The van der Waals surface area contributed by atoms with Crippen LogP contribution < -0.4 is 4.74 Å². The molecule has 0 fully saturated rings. The van der Waals surface area contributed by atoms with E-state index in [1.165, 1.54) is 59.5 Å². The molecule has 53 heavy (non-hydrogen) atoms. The molecule has 8 aromatic carbocycles. The first-order valence-corrected chi connectivity index (χ1v) is 18.9. The maximum Gasteiger partial charge on any atom is 0.132 e. The van der Waals surface area contributed by atoms with E-state index in [4.69, 9.17) is 4.74 Å². The van der Waals surface area contributed by atoms with Crippen molar-refractivity contribution in [2.75, 3.05) is 0 Å². The molecule has 0 spiro atoms. The summed E-state index contributed by atoms with van der Waals surface area (Å²) >= 11 is 1.81. The molecule has 0 aliphatic carbocycles. The van der Waals surface area contributed by atoms with E-state index in [9.17, 15) is 0 Å². The first-order chi connectivity index (χ1) is 26.3. The number of rotatable bonds is 6. The van der Waals surface area contributed by atoms with Crippen molar-refractivity contribution in [2.45, 2.75) is 5.41 Å². The Morgan fingerprint density at radius 2 is 0.887 bits per heavy atom. The minimum absolute atomic E-state index is 0.510. The van der Waals surface area contributed by atoms with Crippen molar-refractivity contribution in [2.24, 2.45) is 0 Å². The van der Waals surface area contributed by atoms with Gasteiger partial charge in [-0.05, 0) is 79.5 Å². The van der Waals surface area contributed by atoms with Crippen LogP contribution in [-0.2, 0) is 5.41 Å². The molecule has 0 bridgehead atoms. The van der Waals surface area contributed by atoms with Gasteiger partial charge < -0.3 is 4.74 Å². The van der Waals surface area contributed by atoms with E-state index in [0.717, 1.165) is 28.2 Å². The van der Waals surface area contributed by atoms with E-state index in [-0.39, 0.29) is 0 Å². The normalized spacial score (nSPS) is 12.8. The van der Waals surface area contributed by atoms with Crippen molar-refractivity contribution in [1.82, 2.24) is 0 Å². The fraction of sp³-hybridized carbons (Fsp3) is 0.0196. The van der Waals surface area contributed by atoms with Gasteiger partial charge in [0.05, 0.1) is 5.41 Å². The molecule has 0 saturated heterocycles. The Labute approximate surface area is 314 Å². The Hall–Kier alpha value is -6.48. The average Bonchev–Trinajstić information content (AvgIpc) is 3.74. The van der Waals surface area contributed by atoms with Gasteiger partial charge in [0.1, 0.15) is 11.5 Å². The third-order valence-corrected chi connectivity index (χ3v) is 11.9. The molecular formula is C51H34OS. The van der Waals surface area contributed by atoms with E-state index in [1.807, 2.05) is 11.3 Å². The molecule has 0 unspecified atom stereocenters. The third kappa shape index (κ3) is 5.30. The van der Waals surface area contributed by atoms with Crippen LogP contribution in [0.25, 0.3) is 53.9 Å². The molecule has 1 aliphatic rings. The first-order valence-electron chi connectivity index (χ1n) is 18.1. The lowest BCUT2D eigenvalue weighted by Crippen LogP contribution is -2.34. The Morgan fingerprint density at radius 3 is 1.60 bits per heavy atom. The summed E-state index contributed by atoms with van der Waals surface area (Å²) in [6.45, 7) is 0. The van der Waals surface area contributed by atoms with Crippen molar-refractivity contribution in [3.8, 4) is 54.6 Å². The Balaban J connectivity index is 0.965. The molecule has 0 radical (unpaired) electrons. The summed E-state index contributed by atoms with van der Waals surface area (Å²) in [5.74, 6) is 1.78. The lowest BCUT2D eigenvalue weighted by molar-refractivity contribution is 0.435. The number of thiophene rings is 1. The van der Waals surface area contributed by atoms with E-state index in [2.05, 4.69) is 206 Å². The second-order valence-electron chi connectivity index (χ2n) is 13.6. The second kappa shape index (κ2) is 12.9. The van der Waals surface area contributed by atoms with Gasteiger partial charge in [-0.3, -0.25) is 0 Å². The van der Waals surface area contributed by atoms with E-state index in [0.29, 0.717) is 0 Å². The Kier molecular flexibility index (Phi) is 7.63. The van der Waals surface area contributed by atoms with Crippen molar-refractivity contribution in [3.05, 3.63) is 229 Å². The van der Waals surface area contributed by atoms with Crippen LogP contribution in [0, 0.1) is 0 Å². The summed E-state index contributed by atoms with van der Waals surface area (Å²) < 4.78 is 6.74. The first kappa shape index (κ1) is 31.3. The van der Waals surface area contributed by atoms with Crippen LogP contribution >= 0.6 is 11.3 Å². The van der Waals surface area contributed by atoms with Crippen molar-refractivity contribution >= 4 is 22.1 Å². The summed E-state index contributed by atoms with van der Waals surface area (Å²) in [7, 11) is 0. The number of hydrogen-bond donors (Lipinski definition) is 0. The van der Waals surface area contributed by atoms with Crippen LogP contribution in [0.5, 0.6) is 11.5 Å². The van der Waals surface area contributed by atoms with Crippen molar-refractivity contribution in [3.63, 3.8) is 0 Å². The predicted octanol–water partition coefficient (Wildman–Crippen LogP) is 14.1. The molecule has 2 heteroatoms.